The zero-order valence-electron chi connectivity index (χ0n) is 64.9. The van der Waals surface area contributed by atoms with E-state index in [1.807, 2.05) is 0 Å². The van der Waals surface area contributed by atoms with Crippen LogP contribution in [-0.2, 0) is 5.41 Å². The monoisotopic (exact) mass is 1470 g/mol. The molecule has 0 fully saturated rings. The predicted octanol–water partition coefficient (Wildman–Crippen LogP) is 24.6. The van der Waals surface area contributed by atoms with Crippen molar-refractivity contribution in [1.29, 1.82) is 0 Å². The summed E-state index contributed by atoms with van der Waals surface area (Å²) in [5.41, 5.74) is 41.9. The van der Waals surface area contributed by atoms with Crippen LogP contribution in [0.4, 0.5) is 0 Å². The van der Waals surface area contributed by atoms with Crippen LogP contribution in [0.1, 0.15) is 43.0 Å². The van der Waals surface area contributed by atoms with Gasteiger partial charge in [-0.2, -0.15) is 0 Å². The molecule has 4 aliphatic heterocycles. The van der Waals surface area contributed by atoms with Gasteiger partial charge in [-0.25, -0.2) is 0 Å². The van der Waals surface area contributed by atoms with Crippen LogP contribution in [0.3, 0.4) is 0 Å². The Morgan fingerprint density at radius 1 is 0.261 bits per heavy atom. The normalized spacial score (nSPS) is 12.7. The summed E-state index contributed by atoms with van der Waals surface area (Å²) in [6.07, 6.45) is 0. The molecule has 17 aromatic carbocycles. The number of aromatic nitrogens is 2. The van der Waals surface area contributed by atoms with Gasteiger partial charge in [0.05, 0.1) is 11.0 Å². The first-order chi connectivity index (χ1) is 56.4. The molecular weight excluding hydrogens is 1390 g/mol. The standard InChI is InChI=1S/C109H76B2N2O2/c1-65-51-66(2)103(67(3)52-65)79-61-99-105-102(63-79)115-108-91(57-77(82-38-23-22-37-81(82)70-31-16-9-17-32-70)59-95(108)110(105)92-41-26-40-86-85-39-24-25-42-96(85)112(99)106(86)92)88-54-75(43-47-83(88)71-33-18-10-19-34-71)74-44-48-84(87(53-74)72-35-20-11-21-36-72)78-60-98-104-101(62-78)114-100-50-46-80(109(4,5)6)64-93(100)111(104)94-58-76(69-29-14-8-15-30-69)56-90-89-55-73(68-27-12-7-13-28-68)45-49-97(89)113(98)107(90)94/h7-64H,1-6H3. The highest BCUT2D eigenvalue weighted by Crippen LogP contribution is 2.51. The molecule has 0 atom stereocenters. The van der Waals surface area contributed by atoms with Crippen molar-refractivity contribution >= 4 is 89.8 Å². The Morgan fingerprint density at radius 2 is 0.730 bits per heavy atom. The number of hydrogen-bond donors (Lipinski definition) is 0. The third kappa shape index (κ3) is 10.4. The van der Waals surface area contributed by atoms with E-state index >= 15 is 0 Å². The lowest BCUT2D eigenvalue weighted by atomic mass is 9.34. The summed E-state index contributed by atoms with van der Waals surface area (Å²) in [5, 5.41) is 4.93. The van der Waals surface area contributed by atoms with E-state index < -0.39 is 0 Å². The Bertz CT molecular complexity index is 7310. The summed E-state index contributed by atoms with van der Waals surface area (Å²) in [4.78, 5) is 0. The number of benzene rings is 17. The molecule has 0 radical (unpaired) electrons. The fraction of sp³-hybridized carbons (Fsp3) is 0.0642. The quantitative estimate of drug-likeness (QED) is 0.128. The van der Waals surface area contributed by atoms with Crippen LogP contribution < -0.4 is 42.3 Å². The molecule has 115 heavy (non-hydrogen) atoms. The molecule has 0 N–H and O–H groups in total. The Balaban J connectivity index is 0.759. The highest BCUT2D eigenvalue weighted by atomic mass is 16.5. The minimum atomic E-state index is -0.196. The van der Waals surface area contributed by atoms with E-state index in [0.717, 1.165) is 123 Å². The maximum absolute atomic E-state index is 8.04. The van der Waals surface area contributed by atoms with Gasteiger partial charge < -0.3 is 18.6 Å². The second kappa shape index (κ2) is 25.5. The zero-order valence-corrected chi connectivity index (χ0v) is 64.9. The van der Waals surface area contributed by atoms with E-state index in [1.54, 1.807) is 0 Å². The lowest BCUT2D eigenvalue weighted by molar-refractivity contribution is 0.486. The Morgan fingerprint density at radius 3 is 1.39 bits per heavy atom. The van der Waals surface area contributed by atoms with Crippen molar-refractivity contribution < 1.29 is 9.47 Å². The number of hydrogen-bond acceptors (Lipinski definition) is 2. The molecular formula is C109H76B2N2O2. The number of rotatable bonds is 10. The van der Waals surface area contributed by atoms with Crippen LogP contribution in [0.25, 0.3) is 166 Å². The first-order valence-corrected chi connectivity index (χ1v) is 40.3. The fourth-order valence-corrected chi connectivity index (χ4v) is 20.2. The van der Waals surface area contributed by atoms with Crippen molar-refractivity contribution in [3.05, 3.63) is 374 Å². The molecule has 0 saturated heterocycles. The van der Waals surface area contributed by atoms with Gasteiger partial charge in [0.1, 0.15) is 23.0 Å². The van der Waals surface area contributed by atoms with Crippen molar-refractivity contribution in [2.24, 2.45) is 0 Å². The minimum Gasteiger partial charge on any atom is -0.458 e. The summed E-state index contributed by atoms with van der Waals surface area (Å²) >= 11 is 0. The number of aryl methyl sites for hydroxylation is 3. The summed E-state index contributed by atoms with van der Waals surface area (Å²) in [6.45, 7) is 13.3. The largest absolute Gasteiger partial charge is 0.458 e. The van der Waals surface area contributed by atoms with Gasteiger partial charge in [0.25, 0.3) is 13.4 Å². The van der Waals surface area contributed by atoms with Gasteiger partial charge in [-0.15, -0.1) is 0 Å². The summed E-state index contributed by atoms with van der Waals surface area (Å²) in [6, 6.07) is 132. The molecule has 6 heterocycles. The molecule has 0 aliphatic carbocycles. The molecule has 6 heteroatoms. The average molecular weight is 1470 g/mol. The summed E-state index contributed by atoms with van der Waals surface area (Å²) in [7, 11) is 0. The van der Waals surface area contributed by atoms with Gasteiger partial charge >= 0.3 is 0 Å². The van der Waals surface area contributed by atoms with Gasteiger partial charge in [-0.3, -0.25) is 0 Å². The van der Waals surface area contributed by atoms with Crippen molar-refractivity contribution in [3.8, 4) is 146 Å². The Kier molecular flexibility index (Phi) is 14.8. The van der Waals surface area contributed by atoms with Gasteiger partial charge in [-0.1, -0.05) is 305 Å². The average Bonchev–Trinajstić information content (AvgIpc) is 1.60. The third-order valence-corrected chi connectivity index (χ3v) is 25.2. The van der Waals surface area contributed by atoms with Crippen LogP contribution in [-0.4, -0.2) is 22.6 Å². The number of ether oxygens (including phenoxy) is 2. The van der Waals surface area contributed by atoms with Gasteiger partial charge in [-0.05, 0) is 254 Å². The third-order valence-electron chi connectivity index (χ3n) is 25.2. The van der Waals surface area contributed by atoms with Crippen molar-refractivity contribution in [2.45, 2.75) is 47.0 Å². The minimum absolute atomic E-state index is 0.0971. The van der Waals surface area contributed by atoms with Crippen LogP contribution in [0.15, 0.2) is 352 Å². The number of para-hydroxylation sites is 2. The fourth-order valence-electron chi connectivity index (χ4n) is 20.2. The maximum Gasteiger partial charge on any atom is 0.256 e. The molecule has 4 nitrogen and oxygen atoms in total. The molecule has 2 aromatic heterocycles. The second-order valence-electron chi connectivity index (χ2n) is 33.1. The van der Waals surface area contributed by atoms with E-state index in [1.165, 1.54) is 121 Å². The smallest absolute Gasteiger partial charge is 0.256 e. The molecule has 0 spiro atoms. The molecule has 0 bridgehead atoms. The SMILES string of the molecule is Cc1cc(C)c(-c2cc3c4c(c2)-n2c5ccccc5c5cccc(c52)B4c2cc(-c4ccccc4-c4ccccc4)cc(-c4cc(-c5ccc(-c6cc7c8c(c6)-n6c9ccc(-c%10ccccc%10)cc9c9cc(-c%10ccccc%10)cc(c96)B8c6cc(C(C)(C)C)ccc6O7)c(-c6ccccc6)c5)ccc4-c4ccccc4)c2O3)c(C)c1. The first kappa shape index (κ1) is 66.8. The predicted molar refractivity (Wildman–Crippen MR) is 485 cm³/mol. The van der Waals surface area contributed by atoms with Crippen LogP contribution in [0, 0.1) is 20.8 Å². The Hall–Kier alpha value is -13.9. The highest BCUT2D eigenvalue weighted by molar-refractivity contribution is 7.00. The second-order valence-corrected chi connectivity index (χ2v) is 33.1. The molecule has 0 saturated carbocycles. The van der Waals surface area contributed by atoms with E-state index in [0.29, 0.717) is 0 Å². The van der Waals surface area contributed by atoms with E-state index in [-0.39, 0.29) is 18.8 Å². The zero-order chi connectivity index (χ0) is 76.6. The summed E-state index contributed by atoms with van der Waals surface area (Å²) < 4.78 is 20.7. The molecule has 19 aromatic rings. The van der Waals surface area contributed by atoms with Crippen LogP contribution in [0.2, 0.25) is 0 Å². The number of fused-ring (bicyclic) bond motifs is 14. The lowest BCUT2D eigenvalue weighted by Crippen LogP contribution is -2.58. The molecule has 23 rings (SSSR count). The van der Waals surface area contributed by atoms with E-state index in [4.69, 9.17) is 9.47 Å². The van der Waals surface area contributed by atoms with Gasteiger partial charge in [0.15, 0.2) is 0 Å². The summed E-state index contributed by atoms with van der Waals surface area (Å²) in [5.74, 6) is 3.48. The topological polar surface area (TPSA) is 28.3 Å². The maximum atomic E-state index is 8.04. The van der Waals surface area contributed by atoms with Crippen LogP contribution in [0.5, 0.6) is 23.0 Å². The molecule has 540 valence electrons. The lowest BCUT2D eigenvalue weighted by Gasteiger charge is -2.35. The van der Waals surface area contributed by atoms with Crippen molar-refractivity contribution in [2.75, 3.05) is 0 Å². The molecule has 4 aliphatic rings. The highest BCUT2D eigenvalue weighted by Gasteiger charge is 2.45. The number of nitrogens with zero attached hydrogens (tertiary/aromatic N) is 2. The van der Waals surface area contributed by atoms with Gasteiger partial charge in [0, 0.05) is 49.5 Å². The van der Waals surface area contributed by atoms with Crippen molar-refractivity contribution in [1.82, 2.24) is 9.13 Å². The first-order valence-electron chi connectivity index (χ1n) is 40.3. The molecule has 0 unspecified atom stereocenters. The van der Waals surface area contributed by atoms with E-state index in [9.17, 15) is 0 Å². The van der Waals surface area contributed by atoms with Crippen molar-refractivity contribution in [3.63, 3.8) is 0 Å². The van der Waals surface area contributed by atoms with Crippen LogP contribution >= 0.6 is 0 Å². The molecule has 0 amide bonds. The Labute approximate surface area is 670 Å². The van der Waals surface area contributed by atoms with E-state index in [2.05, 4.69) is 403 Å². The van der Waals surface area contributed by atoms with Gasteiger partial charge in [0.2, 0.25) is 0 Å².